The summed E-state index contributed by atoms with van der Waals surface area (Å²) >= 11 is 0. The van der Waals surface area contributed by atoms with Crippen LogP contribution in [0.2, 0.25) is 0 Å². The number of rotatable bonds is 4. The molecule has 0 amide bonds. The van der Waals surface area contributed by atoms with Crippen LogP contribution in [0.5, 0.6) is 0 Å². The minimum absolute atomic E-state index is 0. The molecule has 0 spiro atoms. The fourth-order valence-corrected chi connectivity index (χ4v) is 3.56. The van der Waals surface area contributed by atoms with Gasteiger partial charge in [-0.15, -0.1) is 12.4 Å². The number of anilines is 1. The molecule has 136 valence electrons. The number of imidazole rings is 1. The van der Waals surface area contributed by atoms with Gasteiger partial charge in [-0.05, 0) is 56.4 Å². The van der Waals surface area contributed by atoms with E-state index in [1.54, 1.807) is 12.5 Å². The summed E-state index contributed by atoms with van der Waals surface area (Å²) in [6, 6.07) is 6.16. The Balaban J connectivity index is 0.00000225. The summed E-state index contributed by atoms with van der Waals surface area (Å²) in [6.45, 7) is 13.4. The van der Waals surface area contributed by atoms with Crippen LogP contribution in [0.4, 0.5) is 5.82 Å². The Labute approximate surface area is 156 Å². The molecule has 3 rings (SSSR count). The highest BCUT2D eigenvalue weighted by atomic mass is 35.5. The first kappa shape index (κ1) is 19.4. The van der Waals surface area contributed by atoms with Crippen LogP contribution in [-0.4, -0.2) is 14.9 Å². The zero-order valence-electron chi connectivity index (χ0n) is 15.9. The first-order valence-corrected chi connectivity index (χ1v) is 8.44. The largest absolute Gasteiger partial charge is 0.472 e. The molecule has 0 saturated heterocycles. The Morgan fingerprint density at radius 1 is 1.16 bits per heavy atom. The van der Waals surface area contributed by atoms with Crippen molar-refractivity contribution in [3.8, 4) is 11.3 Å². The molecule has 0 radical (unpaired) electrons. The standard InChI is InChI=1S/C20H27N3O.ClH/c1-14-7-9-23-16(11-14)21-17(15-8-10-24-12-15)18(23)22-20(5,6)13-19(2,3)4;/h7-12,22H,13H2,1-6H3;1H. The maximum absolute atomic E-state index is 5.28. The molecule has 0 saturated carbocycles. The van der Waals surface area contributed by atoms with Crippen LogP contribution in [0, 0.1) is 12.3 Å². The van der Waals surface area contributed by atoms with E-state index in [1.807, 2.05) is 6.07 Å². The van der Waals surface area contributed by atoms with Gasteiger partial charge < -0.3 is 9.73 Å². The maximum Gasteiger partial charge on any atom is 0.139 e. The lowest BCUT2D eigenvalue weighted by molar-refractivity contribution is 0.302. The fraction of sp³-hybridized carbons (Fsp3) is 0.450. The van der Waals surface area contributed by atoms with Gasteiger partial charge in [-0.2, -0.15) is 0 Å². The van der Waals surface area contributed by atoms with E-state index < -0.39 is 0 Å². The number of aryl methyl sites for hydroxylation is 1. The first-order valence-electron chi connectivity index (χ1n) is 8.44. The second-order valence-corrected chi connectivity index (χ2v) is 8.50. The summed E-state index contributed by atoms with van der Waals surface area (Å²) in [4.78, 5) is 4.84. The predicted octanol–water partition coefficient (Wildman–Crippen LogP) is 5.95. The number of hydrogen-bond acceptors (Lipinski definition) is 3. The molecule has 0 fully saturated rings. The molecule has 25 heavy (non-hydrogen) atoms. The molecule has 0 bridgehead atoms. The molecule has 0 aliphatic rings. The Morgan fingerprint density at radius 2 is 1.88 bits per heavy atom. The van der Waals surface area contributed by atoms with E-state index in [0.717, 1.165) is 29.1 Å². The summed E-state index contributed by atoms with van der Waals surface area (Å²) in [5.41, 5.74) is 4.25. The Hall–Kier alpha value is -1.94. The van der Waals surface area contributed by atoms with E-state index in [9.17, 15) is 0 Å². The highest BCUT2D eigenvalue weighted by molar-refractivity contribution is 5.85. The zero-order chi connectivity index (χ0) is 17.5. The molecular weight excluding hydrogens is 334 g/mol. The Bertz CT molecular complexity index is 842. The van der Waals surface area contributed by atoms with Crippen molar-refractivity contribution >= 4 is 23.9 Å². The molecule has 0 atom stereocenters. The first-order chi connectivity index (χ1) is 11.1. The van der Waals surface area contributed by atoms with Gasteiger partial charge in [-0.1, -0.05) is 20.8 Å². The van der Waals surface area contributed by atoms with Gasteiger partial charge in [0.15, 0.2) is 0 Å². The summed E-state index contributed by atoms with van der Waals surface area (Å²) in [7, 11) is 0. The third-order valence-electron chi connectivity index (χ3n) is 4.01. The number of aromatic nitrogens is 2. The van der Waals surface area contributed by atoms with Crippen molar-refractivity contribution in [2.24, 2.45) is 5.41 Å². The molecule has 4 nitrogen and oxygen atoms in total. The van der Waals surface area contributed by atoms with Crippen molar-refractivity contribution in [2.45, 2.75) is 53.5 Å². The number of pyridine rings is 1. The highest BCUT2D eigenvalue weighted by Crippen LogP contribution is 2.35. The fourth-order valence-electron chi connectivity index (χ4n) is 3.56. The van der Waals surface area contributed by atoms with Gasteiger partial charge in [0.25, 0.3) is 0 Å². The smallest absolute Gasteiger partial charge is 0.139 e. The van der Waals surface area contributed by atoms with Gasteiger partial charge in [0.1, 0.15) is 17.2 Å². The van der Waals surface area contributed by atoms with E-state index in [4.69, 9.17) is 9.40 Å². The van der Waals surface area contributed by atoms with E-state index in [2.05, 4.69) is 69.6 Å². The van der Waals surface area contributed by atoms with E-state index in [0.29, 0.717) is 0 Å². The van der Waals surface area contributed by atoms with Crippen molar-refractivity contribution in [3.05, 3.63) is 42.5 Å². The summed E-state index contributed by atoms with van der Waals surface area (Å²) in [6.07, 6.45) is 6.56. The summed E-state index contributed by atoms with van der Waals surface area (Å²) in [5, 5.41) is 3.73. The molecule has 0 unspecified atom stereocenters. The minimum Gasteiger partial charge on any atom is -0.472 e. The molecule has 0 aromatic carbocycles. The number of furan rings is 1. The Morgan fingerprint density at radius 3 is 2.48 bits per heavy atom. The molecule has 5 heteroatoms. The maximum atomic E-state index is 5.28. The third-order valence-corrected chi connectivity index (χ3v) is 4.01. The van der Waals surface area contributed by atoms with Crippen LogP contribution < -0.4 is 5.32 Å². The van der Waals surface area contributed by atoms with Crippen LogP contribution in [0.1, 0.15) is 46.6 Å². The van der Waals surface area contributed by atoms with Crippen molar-refractivity contribution in [3.63, 3.8) is 0 Å². The SMILES string of the molecule is Cc1ccn2c(NC(C)(C)CC(C)(C)C)c(-c3ccoc3)nc2c1.Cl. The summed E-state index contributed by atoms with van der Waals surface area (Å²) < 4.78 is 7.40. The van der Waals surface area contributed by atoms with Crippen molar-refractivity contribution in [1.82, 2.24) is 9.38 Å². The van der Waals surface area contributed by atoms with Gasteiger partial charge >= 0.3 is 0 Å². The topological polar surface area (TPSA) is 42.5 Å². The molecule has 3 aromatic rings. The number of nitrogens with zero attached hydrogens (tertiary/aromatic N) is 2. The van der Waals surface area contributed by atoms with Crippen molar-refractivity contribution in [2.75, 3.05) is 5.32 Å². The van der Waals surface area contributed by atoms with Crippen LogP contribution >= 0.6 is 12.4 Å². The van der Waals surface area contributed by atoms with Crippen molar-refractivity contribution in [1.29, 1.82) is 0 Å². The van der Waals surface area contributed by atoms with Crippen LogP contribution in [0.3, 0.4) is 0 Å². The van der Waals surface area contributed by atoms with Gasteiger partial charge in [0.2, 0.25) is 0 Å². The number of nitrogens with one attached hydrogen (secondary N) is 1. The molecule has 0 aliphatic carbocycles. The lowest BCUT2D eigenvalue weighted by Crippen LogP contribution is -2.36. The second-order valence-electron chi connectivity index (χ2n) is 8.50. The van der Waals surface area contributed by atoms with Gasteiger partial charge in [-0.3, -0.25) is 4.40 Å². The molecule has 0 aliphatic heterocycles. The minimum atomic E-state index is -0.0580. The highest BCUT2D eigenvalue weighted by Gasteiger charge is 2.28. The molecule has 3 heterocycles. The molecule has 3 aromatic heterocycles. The second kappa shape index (κ2) is 6.75. The van der Waals surface area contributed by atoms with Gasteiger partial charge in [-0.25, -0.2) is 4.98 Å². The lowest BCUT2D eigenvalue weighted by atomic mass is 9.82. The molecule has 1 N–H and O–H groups in total. The van der Waals surface area contributed by atoms with Crippen LogP contribution in [-0.2, 0) is 0 Å². The van der Waals surface area contributed by atoms with E-state index in [1.165, 1.54) is 5.56 Å². The number of halogens is 1. The monoisotopic (exact) mass is 361 g/mol. The van der Waals surface area contributed by atoms with E-state index >= 15 is 0 Å². The van der Waals surface area contributed by atoms with Gasteiger partial charge in [0.05, 0.1) is 12.5 Å². The third kappa shape index (κ3) is 4.37. The van der Waals surface area contributed by atoms with Crippen LogP contribution in [0.15, 0.2) is 41.3 Å². The van der Waals surface area contributed by atoms with Crippen molar-refractivity contribution < 1.29 is 4.42 Å². The number of hydrogen-bond donors (Lipinski definition) is 1. The Kier molecular flexibility index (Phi) is 5.24. The van der Waals surface area contributed by atoms with Gasteiger partial charge in [0, 0.05) is 17.3 Å². The quantitative estimate of drug-likeness (QED) is 0.624. The average Bonchev–Trinajstić information content (AvgIpc) is 3.03. The number of fused-ring (bicyclic) bond motifs is 1. The zero-order valence-corrected chi connectivity index (χ0v) is 16.7. The lowest BCUT2D eigenvalue weighted by Gasteiger charge is -2.34. The summed E-state index contributed by atoms with van der Waals surface area (Å²) in [5.74, 6) is 1.01. The van der Waals surface area contributed by atoms with E-state index in [-0.39, 0.29) is 23.4 Å². The van der Waals surface area contributed by atoms with Crippen LogP contribution in [0.25, 0.3) is 16.9 Å². The molecular formula is C20H28ClN3O. The average molecular weight is 362 g/mol. The predicted molar refractivity (Wildman–Crippen MR) is 107 cm³/mol. The normalized spacial score (nSPS) is 12.2.